The van der Waals surface area contributed by atoms with E-state index in [1.165, 1.54) is 29.0 Å². The maximum atomic E-state index is 13.8. The van der Waals surface area contributed by atoms with Crippen LogP contribution in [0.2, 0.25) is 0 Å². The third kappa shape index (κ3) is 7.52. The molecule has 37 heavy (non-hydrogen) atoms. The largest absolute Gasteiger partial charge is 0.390 e. The molecule has 0 radical (unpaired) electrons. The van der Waals surface area contributed by atoms with Crippen LogP contribution in [-0.4, -0.2) is 34.7 Å². The summed E-state index contributed by atoms with van der Waals surface area (Å²) < 4.78 is 27.6. The molecule has 0 bridgehead atoms. The van der Waals surface area contributed by atoms with Gasteiger partial charge in [-0.3, -0.25) is 9.78 Å². The van der Waals surface area contributed by atoms with Crippen molar-refractivity contribution in [1.29, 1.82) is 0 Å². The van der Waals surface area contributed by atoms with Crippen LogP contribution in [0, 0.1) is 11.6 Å². The Morgan fingerprint density at radius 3 is 2.49 bits per heavy atom. The Morgan fingerprint density at radius 1 is 0.973 bits per heavy atom. The molecule has 5 nitrogen and oxygen atoms in total. The molecule has 2 heterocycles. The van der Waals surface area contributed by atoms with Crippen LogP contribution >= 0.6 is 11.3 Å². The summed E-state index contributed by atoms with van der Waals surface area (Å²) in [5.41, 5.74) is 3.41. The van der Waals surface area contributed by atoms with E-state index in [1.807, 2.05) is 36.4 Å². The first kappa shape index (κ1) is 26.6. The van der Waals surface area contributed by atoms with Gasteiger partial charge in [-0.15, -0.1) is 11.3 Å². The summed E-state index contributed by atoms with van der Waals surface area (Å²) in [4.78, 5) is 18.7. The van der Waals surface area contributed by atoms with Crippen molar-refractivity contribution in [2.24, 2.45) is 0 Å². The van der Waals surface area contributed by atoms with Crippen molar-refractivity contribution in [3.63, 3.8) is 0 Å². The fourth-order valence-corrected chi connectivity index (χ4v) is 4.96. The number of hydrogen-bond donors (Lipinski definition) is 3. The Morgan fingerprint density at radius 2 is 1.76 bits per heavy atom. The predicted molar refractivity (Wildman–Crippen MR) is 142 cm³/mol. The molecule has 0 aliphatic carbocycles. The molecule has 0 saturated heterocycles. The molecule has 0 spiro atoms. The summed E-state index contributed by atoms with van der Waals surface area (Å²) in [6, 6.07) is 19.7. The smallest absolute Gasteiger partial charge is 0.261 e. The second kappa shape index (κ2) is 12.7. The quantitative estimate of drug-likeness (QED) is 0.256. The van der Waals surface area contributed by atoms with Crippen LogP contribution in [0.15, 0.2) is 79.0 Å². The van der Waals surface area contributed by atoms with Gasteiger partial charge in [0.2, 0.25) is 0 Å². The van der Waals surface area contributed by atoms with Crippen LogP contribution in [0.3, 0.4) is 0 Å². The van der Waals surface area contributed by atoms with Gasteiger partial charge in [-0.1, -0.05) is 37.3 Å². The number of benzene rings is 2. The van der Waals surface area contributed by atoms with E-state index in [-0.39, 0.29) is 18.9 Å². The Bertz CT molecular complexity index is 1310. The Labute approximate surface area is 219 Å². The molecular formula is C29H29F2N3O2S. The van der Waals surface area contributed by atoms with Crippen LogP contribution in [-0.2, 0) is 19.4 Å². The van der Waals surface area contributed by atoms with E-state index in [2.05, 4.69) is 34.7 Å². The minimum absolute atomic E-state index is 0.0626. The summed E-state index contributed by atoms with van der Waals surface area (Å²) in [7, 11) is 0. The number of carbonyl (C=O) groups excluding carboxylic acids is 1. The molecule has 2 aromatic carbocycles. The summed E-state index contributed by atoms with van der Waals surface area (Å²) >= 11 is 1.29. The summed E-state index contributed by atoms with van der Waals surface area (Å²) in [6.07, 6.45) is 1.68. The zero-order valence-corrected chi connectivity index (χ0v) is 21.3. The monoisotopic (exact) mass is 521 g/mol. The van der Waals surface area contributed by atoms with Gasteiger partial charge in [0.05, 0.1) is 27.6 Å². The first-order chi connectivity index (χ1) is 17.9. The molecule has 0 aliphatic heterocycles. The zero-order chi connectivity index (χ0) is 26.2. The van der Waals surface area contributed by atoms with E-state index in [1.54, 1.807) is 12.3 Å². The number of aryl methyl sites for hydroxylation is 1. The molecule has 2 aromatic heterocycles. The Hall–Kier alpha value is -3.46. The Kier molecular flexibility index (Phi) is 9.11. The van der Waals surface area contributed by atoms with Gasteiger partial charge in [-0.2, -0.15) is 0 Å². The number of aliphatic hydroxyl groups excluding tert-OH is 1. The average molecular weight is 522 g/mol. The molecule has 4 aromatic rings. The number of halogens is 2. The topological polar surface area (TPSA) is 74.2 Å². The maximum Gasteiger partial charge on any atom is 0.261 e. The van der Waals surface area contributed by atoms with Gasteiger partial charge in [0, 0.05) is 25.4 Å². The zero-order valence-electron chi connectivity index (χ0n) is 20.5. The number of hydrogen-bond acceptors (Lipinski definition) is 5. The van der Waals surface area contributed by atoms with Crippen molar-refractivity contribution in [2.75, 3.05) is 6.54 Å². The van der Waals surface area contributed by atoms with Crippen molar-refractivity contribution < 1.29 is 18.7 Å². The summed E-state index contributed by atoms with van der Waals surface area (Å²) in [6.45, 7) is 2.81. The fraction of sp³-hybridized carbons (Fsp3) is 0.241. The van der Waals surface area contributed by atoms with Crippen LogP contribution in [0.25, 0.3) is 10.6 Å². The number of carbonyl (C=O) groups is 1. The minimum Gasteiger partial charge on any atom is -0.390 e. The molecule has 0 saturated carbocycles. The molecule has 4 rings (SSSR count). The van der Waals surface area contributed by atoms with Crippen LogP contribution in [0.4, 0.5) is 8.78 Å². The number of thiophene rings is 1. The molecular weight excluding hydrogens is 492 g/mol. The number of pyridine rings is 1. The van der Waals surface area contributed by atoms with Crippen LogP contribution in [0.5, 0.6) is 0 Å². The van der Waals surface area contributed by atoms with Gasteiger partial charge in [-0.05, 0) is 65.9 Å². The lowest BCUT2D eigenvalue weighted by atomic mass is 10.0. The minimum atomic E-state index is -1.00. The highest BCUT2D eigenvalue weighted by Gasteiger charge is 2.24. The average Bonchev–Trinajstić information content (AvgIpc) is 3.39. The summed E-state index contributed by atoms with van der Waals surface area (Å²) in [5.74, 6) is -1.78. The van der Waals surface area contributed by atoms with E-state index in [0.29, 0.717) is 17.0 Å². The lowest BCUT2D eigenvalue weighted by Gasteiger charge is -2.25. The number of nitrogens with zero attached hydrogens (tertiary/aromatic N) is 1. The number of nitrogens with one attached hydrogen (secondary N) is 2. The number of amides is 1. The van der Waals surface area contributed by atoms with Crippen molar-refractivity contribution in [1.82, 2.24) is 15.6 Å². The van der Waals surface area contributed by atoms with Crippen molar-refractivity contribution in [3.05, 3.63) is 112 Å². The third-order valence-electron chi connectivity index (χ3n) is 5.99. The second-order valence-corrected chi connectivity index (χ2v) is 9.90. The number of rotatable bonds is 11. The van der Waals surface area contributed by atoms with Crippen molar-refractivity contribution in [2.45, 2.75) is 38.5 Å². The summed E-state index contributed by atoms with van der Waals surface area (Å²) in [5, 5.41) is 17.1. The fourth-order valence-electron chi connectivity index (χ4n) is 4.08. The number of aliphatic hydroxyl groups is 1. The molecule has 8 heteroatoms. The molecule has 0 unspecified atom stereocenters. The van der Waals surface area contributed by atoms with Gasteiger partial charge in [0.1, 0.15) is 11.6 Å². The number of aromatic nitrogens is 1. The third-order valence-corrected chi connectivity index (χ3v) is 7.09. The van der Waals surface area contributed by atoms with E-state index < -0.39 is 23.8 Å². The van der Waals surface area contributed by atoms with Gasteiger partial charge < -0.3 is 15.7 Å². The lowest BCUT2D eigenvalue weighted by Crippen LogP contribution is -2.48. The van der Waals surface area contributed by atoms with Gasteiger partial charge >= 0.3 is 0 Å². The van der Waals surface area contributed by atoms with Gasteiger partial charge in [-0.25, -0.2) is 8.78 Å². The van der Waals surface area contributed by atoms with E-state index in [4.69, 9.17) is 0 Å². The molecule has 0 fully saturated rings. The molecule has 192 valence electrons. The maximum absolute atomic E-state index is 13.8. The van der Waals surface area contributed by atoms with Gasteiger partial charge in [0.25, 0.3) is 5.91 Å². The van der Waals surface area contributed by atoms with Crippen molar-refractivity contribution in [3.8, 4) is 10.6 Å². The highest BCUT2D eigenvalue weighted by atomic mass is 32.1. The highest BCUT2D eigenvalue weighted by Crippen LogP contribution is 2.26. The molecule has 3 N–H and O–H groups in total. The molecule has 1 amide bonds. The van der Waals surface area contributed by atoms with E-state index in [9.17, 15) is 18.7 Å². The first-order valence-corrected chi connectivity index (χ1v) is 13.0. The Balaban J connectivity index is 1.46. The van der Waals surface area contributed by atoms with Gasteiger partial charge in [0.15, 0.2) is 0 Å². The van der Waals surface area contributed by atoms with E-state index in [0.717, 1.165) is 28.6 Å². The normalized spacial score (nSPS) is 12.8. The first-order valence-electron chi connectivity index (χ1n) is 12.1. The molecule has 0 aliphatic rings. The van der Waals surface area contributed by atoms with Crippen LogP contribution < -0.4 is 10.6 Å². The second-order valence-electron chi connectivity index (χ2n) is 8.81. The predicted octanol–water partition coefficient (Wildman–Crippen LogP) is 5.14. The molecule has 2 atom stereocenters. The highest BCUT2D eigenvalue weighted by molar-refractivity contribution is 7.17. The lowest BCUT2D eigenvalue weighted by molar-refractivity contribution is 0.0833. The van der Waals surface area contributed by atoms with Crippen molar-refractivity contribution >= 4 is 17.2 Å². The SMILES string of the molecule is CCc1cccc(CNC[C@@H](O)[C@H](Cc2cc(F)cc(F)c2)NC(=O)c2ccc(-c3ccccn3)s2)c1. The standard InChI is InChI=1S/C29H29F2N3O2S/c1-2-19-6-5-7-20(12-19)17-32-18-26(35)25(15-21-13-22(30)16-23(31)14-21)34-29(36)28-10-9-27(37-28)24-8-3-4-11-33-24/h3-14,16,25-26,32,35H,2,15,17-18H2,1H3,(H,34,36)/t25-,26+/m0/s1. The van der Waals surface area contributed by atoms with E-state index >= 15 is 0 Å². The van der Waals surface area contributed by atoms with Crippen LogP contribution in [0.1, 0.15) is 33.3 Å².